The van der Waals surface area contributed by atoms with Crippen molar-refractivity contribution < 1.29 is 14.0 Å². The molecule has 4 rings (SSSR count). The molecule has 0 bridgehead atoms. The zero-order valence-electron chi connectivity index (χ0n) is 17.8. The SMILES string of the molecule is Cc1[nH]c2ccccc2c1C(=O)[C@H](C)N1CCN(CC(=O)Nc2cccc(F)c2)CC1. The predicted molar refractivity (Wildman–Crippen MR) is 120 cm³/mol. The van der Waals surface area contributed by atoms with E-state index in [0.29, 0.717) is 31.9 Å². The number of nitrogens with one attached hydrogen (secondary N) is 2. The molecule has 7 heteroatoms. The number of carbonyl (C=O) groups is 2. The van der Waals surface area contributed by atoms with Gasteiger partial charge in [-0.2, -0.15) is 0 Å². The number of nitrogens with zero attached hydrogens (tertiary/aromatic N) is 2. The highest BCUT2D eigenvalue weighted by atomic mass is 19.1. The number of aromatic amines is 1. The summed E-state index contributed by atoms with van der Waals surface area (Å²) < 4.78 is 13.3. The Morgan fingerprint density at radius 3 is 2.58 bits per heavy atom. The third-order valence-corrected chi connectivity index (χ3v) is 5.95. The van der Waals surface area contributed by atoms with Crippen molar-refractivity contribution in [3.05, 3.63) is 65.6 Å². The molecule has 0 spiro atoms. The number of rotatable bonds is 6. The molecule has 1 aliphatic heterocycles. The number of hydrogen-bond acceptors (Lipinski definition) is 4. The summed E-state index contributed by atoms with van der Waals surface area (Å²) in [5, 5.41) is 3.69. The molecule has 2 N–H and O–H groups in total. The lowest BCUT2D eigenvalue weighted by molar-refractivity contribution is -0.117. The number of aromatic nitrogens is 1. The van der Waals surface area contributed by atoms with E-state index in [9.17, 15) is 14.0 Å². The fraction of sp³-hybridized carbons (Fsp3) is 0.333. The molecular weight excluding hydrogens is 395 g/mol. The average molecular weight is 423 g/mol. The van der Waals surface area contributed by atoms with Crippen LogP contribution in [0.3, 0.4) is 0 Å². The van der Waals surface area contributed by atoms with Crippen LogP contribution in [-0.2, 0) is 4.79 Å². The lowest BCUT2D eigenvalue weighted by Gasteiger charge is -2.37. The molecule has 0 saturated carbocycles. The van der Waals surface area contributed by atoms with Crippen molar-refractivity contribution in [2.75, 3.05) is 38.0 Å². The maximum atomic E-state index is 13.3. The molecule has 1 aliphatic rings. The molecule has 1 atom stereocenters. The van der Waals surface area contributed by atoms with Gasteiger partial charge in [0, 0.05) is 54.0 Å². The van der Waals surface area contributed by atoms with Crippen LogP contribution in [0.5, 0.6) is 0 Å². The zero-order chi connectivity index (χ0) is 22.0. The van der Waals surface area contributed by atoms with Crippen molar-refractivity contribution in [3.8, 4) is 0 Å². The van der Waals surface area contributed by atoms with Gasteiger partial charge in [-0.1, -0.05) is 24.3 Å². The van der Waals surface area contributed by atoms with Gasteiger partial charge in [-0.25, -0.2) is 4.39 Å². The van der Waals surface area contributed by atoms with Crippen LogP contribution in [0.1, 0.15) is 23.0 Å². The van der Waals surface area contributed by atoms with Crippen molar-refractivity contribution in [2.24, 2.45) is 0 Å². The Labute approximate surface area is 181 Å². The lowest BCUT2D eigenvalue weighted by atomic mass is 10.0. The molecule has 6 nitrogen and oxygen atoms in total. The highest BCUT2D eigenvalue weighted by Gasteiger charge is 2.29. The van der Waals surface area contributed by atoms with Crippen LogP contribution >= 0.6 is 0 Å². The van der Waals surface area contributed by atoms with Gasteiger partial charge in [0.15, 0.2) is 5.78 Å². The van der Waals surface area contributed by atoms with Gasteiger partial charge in [-0.05, 0) is 38.1 Å². The number of ketones is 1. The molecule has 162 valence electrons. The third-order valence-electron chi connectivity index (χ3n) is 5.95. The quantitative estimate of drug-likeness (QED) is 0.597. The molecule has 0 unspecified atom stereocenters. The number of H-pyrrole nitrogens is 1. The summed E-state index contributed by atoms with van der Waals surface area (Å²) in [5.74, 6) is -0.430. The first-order valence-electron chi connectivity index (χ1n) is 10.6. The van der Waals surface area contributed by atoms with E-state index in [-0.39, 0.29) is 30.1 Å². The van der Waals surface area contributed by atoms with Crippen molar-refractivity contribution in [1.82, 2.24) is 14.8 Å². The van der Waals surface area contributed by atoms with Gasteiger partial charge in [0.05, 0.1) is 12.6 Å². The summed E-state index contributed by atoms with van der Waals surface area (Å²) in [6, 6.07) is 13.5. The van der Waals surface area contributed by atoms with Crippen molar-refractivity contribution >= 4 is 28.3 Å². The Morgan fingerprint density at radius 1 is 1.10 bits per heavy atom. The van der Waals surface area contributed by atoms with Crippen LogP contribution in [0.4, 0.5) is 10.1 Å². The second-order valence-corrected chi connectivity index (χ2v) is 8.08. The number of fused-ring (bicyclic) bond motifs is 1. The predicted octanol–water partition coefficient (Wildman–Crippen LogP) is 3.44. The lowest BCUT2D eigenvalue weighted by Crippen LogP contribution is -2.53. The van der Waals surface area contributed by atoms with Gasteiger partial charge in [-0.15, -0.1) is 0 Å². The highest BCUT2D eigenvalue weighted by Crippen LogP contribution is 2.24. The van der Waals surface area contributed by atoms with E-state index in [1.165, 1.54) is 12.1 Å². The van der Waals surface area contributed by atoms with Gasteiger partial charge in [-0.3, -0.25) is 19.4 Å². The summed E-state index contributed by atoms with van der Waals surface area (Å²) in [5.41, 5.74) is 3.09. The molecule has 2 heterocycles. The number of amides is 1. The third kappa shape index (κ3) is 4.68. The van der Waals surface area contributed by atoms with E-state index in [1.807, 2.05) is 38.1 Å². The number of hydrogen-bond donors (Lipinski definition) is 2. The first kappa shape index (κ1) is 21.2. The summed E-state index contributed by atoms with van der Waals surface area (Å²) >= 11 is 0. The first-order chi connectivity index (χ1) is 14.9. The largest absolute Gasteiger partial charge is 0.358 e. The molecule has 1 aromatic heterocycles. The topological polar surface area (TPSA) is 68.4 Å². The average Bonchev–Trinajstić information content (AvgIpc) is 3.09. The Hall–Kier alpha value is -3.03. The molecule has 1 amide bonds. The number of aryl methyl sites for hydroxylation is 1. The van der Waals surface area contributed by atoms with Gasteiger partial charge < -0.3 is 10.3 Å². The number of carbonyl (C=O) groups excluding carboxylic acids is 2. The van der Waals surface area contributed by atoms with Crippen LogP contribution < -0.4 is 5.32 Å². The Kier molecular flexibility index (Phi) is 6.15. The molecule has 0 aliphatic carbocycles. The number of halogens is 1. The van der Waals surface area contributed by atoms with Crippen molar-refractivity contribution in [1.29, 1.82) is 0 Å². The van der Waals surface area contributed by atoms with Crippen LogP contribution in [0.15, 0.2) is 48.5 Å². The van der Waals surface area contributed by atoms with Gasteiger partial charge in [0.25, 0.3) is 0 Å². The van der Waals surface area contributed by atoms with Gasteiger partial charge in [0.1, 0.15) is 5.82 Å². The molecule has 1 fully saturated rings. The minimum Gasteiger partial charge on any atom is -0.358 e. The van der Waals surface area contributed by atoms with Crippen LogP contribution in [0.2, 0.25) is 0 Å². The molecule has 3 aromatic rings. The number of piperazine rings is 1. The summed E-state index contributed by atoms with van der Waals surface area (Å²) in [6.45, 7) is 6.95. The van der Waals surface area contributed by atoms with E-state index < -0.39 is 0 Å². The minimum atomic E-state index is -0.379. The Bertz CT molecular complexity index is 1100. The number of Topliss-reactive ketones (excluding diaryl/α,β-unsaturated/α-hetero) is 1. The number of para-hydroxylation sites is 1. The Balaban J connectivity index is 1.33. The maximum Gasteiger partial charge on any atom is 0.238 e. The van der Waals surface area contributed by atoms with Crippen molar-refractivity contribution in [3.63, 3.8) is 0 Å². The number of benzene rings is 2. The van der Waals surface area contributed by atoms with Gasteiger partial charge in [0.2, 0.25) is 5.91 Å². The fourth-order valence-electron chi connectivity index (χ4n) is 4.25. The van der Waals surface area contributed by atoms with Crippen LogP contribution in [0.25, 0.3) is 10.9 Å². The van der Waals surface area contributed by atoms with E-state index in [2.05, 4.69) is 20.1 Å². The molecule has 2 aromatic carbocycles. The Morgan fingerprint density at radius 2 is 1.84 bits per heavy atom. The minimum absolute atomic E-state index is 0.118. The molecule has 1 saturated heterocycles. The smallest absolute Gasteiger partial charge is 0.238 e. The molecule has 31 heavy (non-hydrogen) atoms. The second-order valence-electron chi connectivity index (χ2n) is 8.08. The first-order valence-corrected chi connectivity index (χ1v) is 10.6. The normalized spacial score (nSPS) is 16.4. The maximum absolute atomic E-state index is 13.3. The summed E-state index contributed by atoms with van der Waals surface area (Å²) in [7, 11) is 0. The van der Waals surface area contributed by atoms with E-state index >= 15 is 0 Å². The van der Waals surface area contributed by atoms with Crippen LogP contribution in [0, 0.1) is 12.7 Å². The van der Waals surface area contributed by atoms with Crippen LogP contribution in [-0.4, -0.2) is 65.2 Å². The summed E-state index contributed by atoms with van der Waals surface area (Å²) in [6.07, 6.45) is 0. The zero-order valence-corrected chi connectivity index (χ0v) is 17.8. The summed E-state index contributed by atoms with van der Waals surface area (Å²) in [4.78, 5) is 33.1. The molecule has 0 radical (unpaired) electrons. The molecular formula is C24H27FN4O2. The highest BCUT2D eigenvalue weighted by molar-refractivity contribution is 6.11. The standard InChI is InChI=1S/C24H27FN4O2/c1-16-23(20-8-3-4-9-21(20)26-16)24(31)17(2)29-12-10-28(11-13-29)15-22(30)27-19-7-5-6-18(25)14-19/h3-9,14,17,26H,10-13,15H2,1-2H3,(H,27,30)/t17-/m0/s1. The van der Waals surface area contributed by atoms with E-state index in [0.717, 1.165) is 22.2 Å². The number of anilines is 1. The second kappa shape index (κ2) is 8.99. The van der Waals surface area contributed by atoms with Crippen molar-refractivity contribution in [2.45, 2.75) is 19.9 Å². The van der Waals surface area contributed by atoms with Gasteiger partial charge >= 0.3 is 0 Å². The monoisotopic (exact) mass is 422 g/mol. The fourth-order valence-corrected chi connectivity index (χ4v) is 4.25. The van der Waals surface area contributed by atoms with E-state index in [4.69, 9.17) is 0 Å². The van der Waals surface area contributed by atoms with E-state index in [1.54, 1.807) is 12.1 Å².